The minimum absolute atomic E-state index is 0.167. The molecule has 2 aromatic carbocycles. The van der Waals surface area contributed by atoms with E-state index in [1.165, 1.54) is 6.07 Å². The Morgan fingerprint density at radius 3 is 2.83 bits per heavy atom. The van der Waals surface area contributed by atoms with Gasteiger partial charge in [-0.1, -0.05) is 23.7 Å². The molecule has 29 heavy (non-hydrogen) atoms. The zero-order chi connectivity index (χ0) is 21.0. The summed E-state index contributed by atoms with van der Waals surface area (Å²) in [7, 11) is 1.93. The van der Waals surface area contributed by atoms with Crippen LogP contribution in [0.3, 0.4) is 0 Å². The van der Waals surface area contributed by atoms with Crippen LogP contribution in [0.2, 0.25) is 5.02 Å². The number of nitrogens with zero attached hydrogens (tertiary/aromatic N) is 4. The number of aromatic nitrogens is 1. The van der Waals surface area contributed by atoms with Gasteiger partial charge in [0.15, 0.2) is 0 Å². The highest BCUT2D eigenvalue weighted by Gasteiger charge is 2.20. The third-order valence-electron chi connectivity index (χ3n) is 4.25. The lowest BCUT2D eigenvalue weighted by Gasteiger charge is -2.11. The molecule has 1 heterocycles. The van der Waals surface area contributed by atoms with Gasteiger partial charge in [0.1, 0.15) is 28.9 Å². The first kappa shape index (κ1) is 20.8. The summed E-state index contributed by atoms with van der Waals surface area (Å²) in [5.41, 5.74) is 2.26. The van der Waals surface area contributed by atoms with Crippen molar-refractivity contribution < 1.29 is 9.13 Å². The summed E-state index contributed by atoms with van der Waals surface area (Å²) in [5.74, 6) is -0.0683. The van der Waals surface area contributed by atoms with Crippen molar-refractivity contribution in [2.75, 3.05) is 13.6 Å². The SMILES string of the molecule is CCN(C)C=Nc1cc(Cl)c(Oc2snc(-c3ccccc3F)c2C#N)cc1C. The van der Waals surface area contributed by atoms with E-state index in [-0.39, 0.29) is 21.9 Å². The molecule has 3 aromatic rings. The summed E-state index contributed by atoms with van der Waals surface area (Å²) in [6, 6.07) is 11.7. The maximum Gasteiger partial charge on any atom is 0.218 e. The van der Waals surface area contributed by atoms with E-state index < -0.39 is 5.82 Å². The Balaban J connectivity index is 1.93. The Bertz CT molecular complexity index is 1110. The van der Waals surface area contributed by atoms with Crippen LogP contribution in [-0.4, -0.2) is 29.2 Å². The lowest BCUT2D eigenvalue weighted by atomic mass is 10.1. The van der Waals surface area contributed by atoms with Crippen LogP contribution in [0.5, 0.6) is 10.8 Å². The van der Waals surface area contributed by atoms with E-state index in [0.717, 1.165) is 29.3 Å². The molecule has 8 heteroatoms. The summed E-state index contributed by atoms with van der Waals surface area (Å²) in [6.07, 6.45) is 1.73. The number of hydrogen-bond donors (Lipinski definition) is 0. The van der Waals surface area contributed by atoms with Crippen molar-refractivity contribution in [3.05, 3.63) is 58.4 Å². The minimum atomic E-state index is -0.450. The molecule has 0 saturated heterocycles. The van der Waals surface area contributed by atoms with Gasteiger partial charge in [0.25, 0.3) is 0 Å². The van der Waals surface area contributed by atoms with Gasteiger partial charge in [0.2, 0.25) is 5.06 Å². The van der Waals surface area contributed by atoms with Crippen LogP contribution in [0.1, 0.15) is 18.1 Å². The molecule has 0 radical (unpaired) electrons. The first-order chi connectivity index (χ1) is 13.9. The zero-order valence-electron chi connectivity index (χ0n) is 16.1. The average molecular weight is 429 g/mol. The summed E-state index contributed by atoms with van der Waals surface area (Å²) in [5, 5.41) is 10.2. The van der Waals surface area contributed by atoms with Gasteiger partial charge in [-0.3, -0.25) is 0 Å². The molecule has 0 spiro atoms. The van der Waals surface area contributed by atoms with E-state index in [2.05, 4.69) is 15.4 Å². The summed E-state index contributed by atoms with van der Waals surface area (Å²) in [4.78, 5) is 6.37. The van der Waals surface area contributed by atoms with Crippen molar-refractivity contribution in [1.82, 2.24) is 9.27 Å². The van der Waals surface area contributed by atoms with Crippen LogP contribution < -0.4 is 4.74 Å². The number of halogens is 2. The number of aryl methyl sites for hydroxylation is 1. The van der Waals surface area contributed by atoms with E-state index in [1.807, 2.05) is 25.8 Å². The van der Waals surface area contributed by atoms with Gasteiger partial charge in [-0.05, 0) is 43.7 Å². The third-order valence-corrected chi connectivity index (χ3v) is 5.27. The van der Waals surface area contributed by atoms with E-state index >= 15 is 0 Å². The van der Waals surface area contributed by atoms with Crippen molar-refractivity contribution in [3.63, 3.8) is 0 Å². The van der Waals surface area contributed by atoms with Crippen LogP contribution in [-0.2, 0) is 0 Å². The predicted molar refractivity (Wildman–Crippen MR) is 115 cm³/mol. The van der Waals surface area contributed by atoms with E-state index in [0.29, 0.717) is 10.8 Å². The average Bonchev–Trinajstić information content (AvgIpc) is 3.11. The van der Waals surface area contributed by atoms with Crippen LogP contribution in [0.15, 0.2) is 41.4 Å². The molecule has 0 aliphatic heterocycles. The van der Waals surface area contributed by atoms with Gasteiger partial charge in [-0.2, -0.15) is 9.64 Å². The van der Waals surface area contributed by atoms with Crippen molar-refractivity contribution >= 4 is 35.2 Å². The molecular weight excluding hydrogens is 411 g/mol. The molecule has 1 aromatic heterocycles. The Labute approximate surface area is 177 Å². The molecule has 148 valence electrons. The molecule has 0 atom stereocenters. The lowest BCUT2D eigenvalue weighted by Crippen LogP contribution is -2.14. The Morgan fingerprint density at radius 2 is 2.14 bits per heavy atom. The standard InChI is InChI=1S/C21H18ClFN4OS/c1-4-27(3)12-25-18-10-16(22)19(9-13(18)2)28-21-15(11-24)20(26-29-21)14-7-5-6-8-17(14)23/h5-10,12H,4H2,1-3H3. The second-order valence-electron chi connectivity index (χ2n) is 6.27. The Hall–Kier alpha value is -2.95. The van der Waals surface area contributed by atoms with E-state index in [1.54, 1.807) is 36.7 Å². The number of nitriles is 1. The van der Waals surface area contributed by atoms with Crippen molar-refractivity contribution in [1.29, 1.82) is 5.26 Å². The highest BCUT2D eigenvalue weighted by atomic mass is 35.5. The smallest absolute Gasteiger partial charge is 0.218 e. The van der Waals surface area contributed by atoms with Gasteiger partial charge in [-0.15, -0.1) is 0 Å². The van der Waals surface area contributed by atoms with Gasteiger partial charge in [-0.25, -0.2) is 9.38 Å². The van der Waals surface area contributed by atoms with Gasteiger partial charge in [0.05, 0.1) is 17.0 Å². The second-order valence-corrected chi connectivity index (χ2v) is 7.42. The number of hydrogen-bond acceptors (Lipinski definition) is 5. The van der Waals surface area contributed by atoms with E-state index in [4.69, 9.17) is 16.3 Å². The van der Waals surface area contributed by atoms with E-state index in [9.17, 15) is 9.65 Å². The molecule has 0 amide bonds. The van der Waals surface area contributed by atoms with Gasteiger partial charge < -0.3 is 9.64 Å². The van der Waals surface area contributed by atoms with Gasteiger partial charge >= 0.3 is 0 Å². The number of benzene rings is 2. The topological polar surface area (TPSA) is 61.5 Å². The monoisotopic (exact) mass is 428 g/mol. The molecule has 0 N–H and O–H groups in total. The Kier molecular flexibility index (Phi) is 6.47. The van der Waals surface area contributed by atoms with Crippen LogP contribution in [0, 0.1) is 24.1 Å². The first-order valence-corrected chi connectivity index (χ1v) is 9.96. The minimum Gasteiger partial charge on any atom is -0.442 e. The summed E-state index contributed by atoms with van der Waals surface area (Å²) < 4.78 is 24.2. The molecule has 0 saturated carbocycles. The molecule has 0 unspecified atom stereocenters. The molecule has 0 bridgehead atoms. The summed E-state index contributed by atoms with van der Waals surface area (Å²) >= 11 is 7.35. The number of rotatable bonds is 6. The predicted octanol–water partition coefficient (Wildman–Crippen LogP) is 6.19. The first-order valence-electron chi connectivity index (χ1n) is 8.81. The van der Waals surface area contributed by atoms with Crippen LogP contribution in [0.25, 0.3) is 11.3 Å². The molecule has 0 aliphatic carbocycles. The number of ether oxygens (including phenoxy) is 1. The highest BCUT2D eigenvalue weighted by Crippen LogP contribution is 2.40. The van der Waals surface area contributed by atoms with Crippen LogP contribution >= 0.6 is 23.1 Å². The van der Waals surface area contributed by atoms with Crippen molar-refractivity contribution in [2.24, 2.45) is 4.99 Å². The van der Waals surface area contributed by atoms with Crippen molar-refractivity contribution in [3.8, 4) is 28.1 Å². The van der Waals surface area contributed by atoms with Crippen molar-refractivity contribution in [2.45, 2.75) is 13.8 Å². The second kappa shape index (κ2) is 9.03. The fourth-order valence-electron chi connectivity index (χ4n) is 2.48. The molecule has 0 aliphatic rings. The molecule has 0 fully saturated rings. The molecule has 5 nitrogen and oxygen atoms in total. The molecular formula is C21H18ClFN4OS. The fraction of sp³-hybridized carbons (Fsp3) is 0.190. The Morgan fingerprint density at radius 1 is 1.38 bits per heavy atom. The highest BCUT2D eigenvalue weighted by molar-refractivity contribution is 7.08. The third kappa shape index (κ3) is 4.56. The normalized spacial score (nSPS) is 10.9. The summed E-state index contributed by atoms with van der Waals surface area (Å²) in [6.45, 7) is 4.76. The van der Waals surface area contributed by atoms with Crippen LogP contribution in [0.4, 0.5) is 10.1 Å². The maximum absolute atomic E-state index is 14.1. The fourth-order valence-corrected chi connectivity index (χ4v) is 3.41. The quantitative estimate of drug-likeness (QED) is 0.347. The number of aliphatic imine (C=N–C) groups is 1. The maximum atomic E-state index is 14.1. The largest absolute Gasteiger partial charge is 0.442 e. The van der Waals surface area contributed by atoms with Gasteiger partial charge in [0, 0.05) is 30.7 Å². The zero-order valence-corrected chi connectivity index (χ0v) is 17.7. The molecule has 3 rings (SSSR count). The lowest BCUT2D eigenvalue weighted by molar-refractivity contribution is 0.495.